The van der Waals surface area contributed by atoms with Gasteiger partial charge in [0.2, 0.25) is 0 Å². The van der Waals surface area contributed by atoms with E-state index in [0.29, 0.717) is 18.3 Å². The lowest BCUT2D eigenvalue weighted by Gasteiger charge is -2.07. The number of hydrogen-bond donors (Lipinski definition) is 2. The summed E-state index contributed by atoms with van der Waals surface area (Å²) in [6.45, 7) is 5.61. The van der Waals surface area contributed by atoms with Crippen molar-refractivity contribution in [3.63, 3.8) is 0 Å². The fraction of sp³-hybridized carbons (Fsp3) is 0.556. The number of anilines is 1. The normalized spacial score (nSPS) is 10.5. The molecule has 0 bridgehead atoms. The van der Waals surface area contributed by atoms with Gasteiger partial charge in [-0.05, 0) is 12.0 Å². The molecule has 1 rings (SSSR count). The fourth-order valence-electron chi connectivity index (χ4n) is 0.905. The third-order valence-corrected chi connectivity index (χ3v) is 1.58. The van der Waals surface area contributed by atoms with E-state index in [9.17, 15) is 0 Å². The van der Waals surface area contributed by atoms with Crippen LogP contribution in [0.3, 0.4) is 0 Å². The van der Waals surface area contributed by atoms with Crippen LogP contribution in [0.25, 0.3) is 0 Å². The third-order valence-electron chi connectivity index (χ3n) is 1.58. The van der Waals surface area contributed by atoms with E-state index in [2.05, 4.69) is 29.1 Å². The molecule has 0 radical (unpaired) electrons. The van der Waals surface area contributed by atoms with Crippen molar-refractivity contribution in [3.05, 3.63) is 18.1 Å². The van der Waals surface area contributed by atoms with Crippen LogP contribution in [0.2, 0.25) is 0 Å². The Balaban J connectivity index is 2.56. The lowest BCUT2D eigenvalue weighted by atomic mass is 10.2. The molecule has 72 valence electrons. The lowest BCUT2D eigenvalue weighted by molar-refractivity contribution is 0.686. The van der Waals surface area contributed by atoms with Gasteiger partial charge in [0.1, 0.15) is 11.6 Å². The molecular weight excluding hydrogens is 164 g/mol. The summed E-state index contributed by atoms with van der Waals surface area (Å²) in [7, 11) is 0. The molecule has 0 saturated heterocycles. The highest BCUT2D eigenvalue weighted by Crippen LogP contribution is 2.02. The number of nitrogens with zero attached hydrogens (tertiary/aromatic N) is 2. The maximum atomic E-state index is 5.42. The molecule has 0 aliphatic rings. The van der Waals surface area contributed by atoms with E-state index in [1.807, 2.05) is 6.07 Å². The monoisotopic (exact) mass is 180 g/mol. The molecule has 0 unspecified atom stereocenters. The molecule has 0 aliphatic carbocycles. The first-order valence-corrected chi connectivity index (χ1v) is 4.48. The van der Waals surface area contributed by atoms with Crippen molar-refractivity contribution < 1.29 is 0 Å². The van der Waals surface area contributed by atoms with Gasteiger partial charge in [-0.1, -0.05) is 13.8 Å². The molecule has 1 aromatic rings. The number of nitrogens with two attached hydrogens (primary N) is 1. The molecular formula is C9H16N4. The molecule has 13 heavy (non-hydrogen) atoms. The zero-order valence-electron chi connectivity index (χ0n) is 8.12. The average molecular weight is 180 g/mol. The van der Waals surface area contributed by atoms with E-state index >= 15 is 0 Å². The second-order valence-corrected chi connectivity index (χ2v) is 3.34. The molecule has 4 nitrogen and oxygen atoms in total. The van der Waals surface area contributed by atoms with Crippen molar-refractivity contribution in [2.75, 3.05) is 11.9 Å². The Morgan fingerprint density at radius 1 is 1.54 bits per heavy atom. The Kier molecular flexibility index (Phi) is 3.64. The van der Waals surface area contributed by atoms with E-state index in [4.69, 9.17) is 5.73 Å². The summed E-state index contributed by atoms with van der Waals surface area (Å²) in [4.78, 5) is 8.22. The van der Waals surface area contributed by atoms with Gasteiger partial charge >= 0.3 is 0 Å². The topological polar surface area (TPSA) is 63.8 Å². The van der Waals surface area contributed by atoms with Gasteiger partial charge in [-0.15, -0.1) is 0 Å². The second-order valence-electron chi connectivity index (χ2n) is 3.34. The Hall–Kier alpha value is -1.16. The van der Waals surface area contributed by atoms with Gasteiger partial charge in [0, 0.05) is 12.7 Å². The summed E-state index contributed by atoms with van der Waals surface area (Å²) in [6, 6.07) is 1.85. The molecule has 0 spiro atoms. The van der Waals surface area contributed by atoms with Crippen molar-refractivity contribution in [1.29, 1.82) is 0 Å². The summed E-state index contributed by atoms with van der Waals surface area (Å²) in [5.41, 5.74) is 5.42. The Morgan fingerprint density at radius 2 is 2.31 bits per heavy atom. The highest BCUT2D eigenvalue weighted by Gasteiger charge is 1.97. The molecule has 1 aromatic heterocycles. The van der Waals surface area contributed by atoms with Gasteiger partial charge in [0.25, 0.3) is 0 Å². The van der Waals surface area contributed by atoms with Crippen molar-refractivity contribution >= 4 is 5.82 Å². The Bertz CT molecular complexity index is 260. The van der Waals surface area contributed by atoms with E-state index in [0.717, 1.165) is 12.4 Å². The SMILES string of the molecule is CC(C)CNc1ccnc(CN)n1. The second kappa shape index (κ2) is 4.77. The van der Waals surface area contributed by atoms with Crippen molar-refractivity contribution in [2.45, 2.75) is 20.4 Å². The highest BCUT2D eigenvalue weighted by molar-refractivity contribution is 5.32. The highest BCUT2D eigenvalue weighted by atomic mass is 15.0. The summed E-state index contributed by atoms with van der Waals surface area (Å²) in [6.07, 6.45) is 1.72. The average Bonchev–Trinajstić information content (AvgIpc) is 2.15. The van der Waals surface area contributed by atoms with Gasteiger partial charge in [-0.2, -0.15) is 0 Å². The quantitative estimate of drug-likeness (QED) is 0.725. The maximum absolute atomic E-state index is 5.42. The molecule has 3 N–H and O–H groups in total. The first-order chi connectivity index (χ1) is 6.22. The number of nitrogens with one attached hydrogen (secondary N) is 1. The number of hydrogen-bond acceptors (Lipinski definition) is 4. The molecule has 0 atom stereocenters. The number of rotatable bonds is 4. The number of aromatic nitrogens is 2. The van der Waals surface area contributed by atoms with Crippen LogP contribution in [0.1, 0.15) is 19.7 Å². The van der Waals surface area contributed by atoms with E-state index < -0.39 is 0 Å². The van der Waals surface area contributed by atoms with Gasteiger partial charge in [0.05, 0.1) is 6.54 Å². The van der Waals surface area contributed by atoms with Crippen molar-refractivity contribution in [1.82, 2.24) is 9.97 Å². The zero-order valence-corrected chi connectivity index (χ0v) is 8.12. The molecule has 0 fully saturated rings. The predicted molar refractivity (Wildman–Crippen MR) is 53.3 cm³/mol. The van der Waals surface area contributed by atoms with Crippen LogP contribution in [-0.4, -0.2) is 16.5 Å². The molecule has 0 saturated carbocycles. The van der Waals surface area contributed by atoms with Gasteiger partial charge < -0.3 is 11.1 Å². The molecule has 1 heterocycles. The summed E-state index contributed by atoms with van der Waals surface area (Å²) in [5, 5.41) is 3.21. The predicted octanol–water partition coefficient (Wildman–Crippen LogP) is 1.00. The van der Waals surface area contributed by atoms with E-state index in [-0.39, 0.29) is 0 Å². The van der Waals surface area contributed by atoms with Crippen LogP contribution in [0, 0.1) is 5.92 Å². The summed E-state index contributed by atoms with van der Waals surface area (Å²) in [5.74, 6) is 2.13. The summed E-state index contributed by atoms with van der Waals surface area (Å²) < 4.78 is 0. The van der Waals surface area contributed by atoms with Gasteiger partial charge in [-0.3, -0.25) is 0 Å². The van der Waals surface area contributed by atoms with Crippen LogP contribution in [-0.2, 0) is 6.54 Å². The maximum Gasteiger partial charge on any atom is 0.144 e. The van der Waals surface area contributed by atoms with Crippen LogP contribution >= 0.6 is 0 Å². The van der Waals surface area contributed by atoms with E-state index in [1.54, 1.807) is 6.20 Å². The third kappa shape index (κ3) is 3.38. The van der Waals surface area contributed by atoms with Crippen LogP contribution in [0.4, 0.5) is 5.82 Å². The zero-order chi connectivity index (χ0) is 9.68. The van der Waals surface area contributed by atoms with Gasteiger partial charge in [-0.25, -0.2) is 9.97 Å². The molecule has 0 amide bonds. The largest absolute Gasteiger partial charge is 0.370 e. The molecule has 0 aliphatic heterocycles. The fourth-order valence-corrected chi connectivity index (χ4v) is 0.905. The smallest absolute Gasteiger partial charge is 0.144 e. The van der Waals surface area contributed by atoms with Crippen LogP contribution < -0.4 is 11.1 Å². The molecule has 4 heteroatoms. The Labute approximate surface area is 78.6 Å². The standard InChI is InChI=1S/C9H16N4/c1-7(2)6-12-8-3-4-11-9(5-10)13-8/h3-4,7H,5-6,10H2,1-2H3,(H,11,12,13). The molecule has 0 aromatic carbocycles. The van der Waals surface area contributed by atoms with E-state index in [1.165, 1.54) is 0 Å². The first-order valence-electron chi connectivity index (χ1n) is 4.48. The van der Waals surface area contributed by atoms with Crippen LogP contribution in [0.15, 0.2) is 12.3 Å². The van der Waals surface area contributed by atoms with Crippen molar-refractivity contribution in [3.8, 4) is 0 Å². The lowest BCUT2D eigenvalue weighted by Crippen LogP contribution is -2.11. The summed E-state index contributed by atoms with van der Waals surface area (Å²) >= 11 is 0. The minimum absolute atomic E-state index is 0.386. The van der Waals surface area contributed by atoms with Gasteiger partial charge in [0.15, 0.2) is 0 Å². The van der Waals surface area contributed by atoms with Crippen molar-refractivity contribution in [2.24, 2.45) is 11.7 Å². The minimum atomic E-state index is 0.386. The Morgan fingerprint density at radius 3 is 2.92 bits per heavy atom. The first kappa shape index (κ1) is 9.92. The van der Waals surface area contributed by atoms with Crippen LogP contribution in [0.5, 0.6) is 0 Å². The minimum Gasteiger partial charge on any atom is -0.370 e.